The van der Waals surface area contributed by atoms with Crippen LogP contribution in [0.1, 0.15) is 47.2 Å². The summed E-state index contributed by atoms with van der Waals surface area (Å²) in [6.45, 7) is 4.56. The first-order chi connectivity index (χ1) is 23.1. The monoisotopic (exact) mass is 663 g/mol. The van der Waals surface area contributed by atoms with Gasteiger partial charge in [0.2, 0.25) is 0 Å². The molecule has 13 heteroatoms. The van der Waals surface area contributed by atoms with Crippen molar-refractivity contribution in [2.24, 2.45) is 0 Å². The van der Waals surface area contributed by atoms with Crippen LogP contribution in [0, 0.1) is 18.3 Å². The van der Waals surface area contributed by atoms with Gasteiger partial charge in [0, 0.05) is 43.5 Å². The molecular formula is C35H40F3N7O3. The zero-order valence-electron chi connectivity index (χ0n) is 27.2. The number of carbonyl (C=O) groups excluding carboxylic acids is 1. The van der Waals surface area contributed by atoms with Gasteiger partial charge in [-0.05, 0) is 57.0 Å². The fourth-order valence-corrected chi connectivity index (χ4v) is 6.94. The van der Waals surface area contributed by atoms with Gasteiger partial charge in [-0.2, -0.15) is 28.4 Å². The molecule has 48 heavy (non-hydrogen) atoms. The van der Waals surface area contributed by atoms with Gasteiger partial charge in [-0.25, -0.2) is 4.79 Å². The van der Waals surface area contributed by atoms with Crippen molar-refractivity contribution in [1.29, 1.82) is 5.26 Å². The van der Waals surface area contributed by atoms with Gasteiger partial charge in [-0.1, -0.05) is 42.5 Å². The van der Waals surface area contributed by atoms with E-state index in [0.717, 1.165) is 30.5 Å². The fourth-order valence-electron chi connectivity index (χ4n) is 6.94. The summed E-state index contributed by atoms with van der Waals surface area (Å²) in [7, 11) is 2.05. The van der Waals surface area contributed by atoms with Crippen molar-refractivity contribution in [3.8, 4) is 12.1 Å². The summed E-state index contributed by atoms with van der Waals surface area (Å²) in [4.78, 5) is 30.4. The number of likely N-dealkylation sites (N-methyl/N-ethyl adjacent to an activating group) is 1. The van der Waals surface area contributed by atoms with Crippen molar-refractivity contribution in [1.82, 2.24) is 19.8 Å². The van der Waals surface area contributed by atoms with E-state index < -0.39 is 23.9 Å². The highest BCUT2D eigenvalue weighted by Crippen LogP contribution is 2.41. The maximum Gasteiger partial charge on any atom is 0.418 e. The number of anilines is 2. The lowest BCUT2D eigenvalue weighted by Crippen LogP contribution is -2.55. The van der Waals surface area contributed by atoms with Crippen molar-refractivity contribution >= 4 is 17.6 Å². The second kappa shape index (κ2) is 14.3. The molecule has 254 valence electrons. The summed E-state index contributed by atoms with van der Waals surface area (Å²) in [5, 5.41) is 9.67. The number of hydrogen-bond acceptors (Lipinski definition) is 9. The molecule has 2 fully saturated rings. The number of rotatable bonds is 8. The molecule has 0 bridgehead atoms. The van der Waals surface area contributed by atoms with E-state index in [9.17, 15) is 23.2 Å². The van der Waals surface area contributed by atoms with Gasteiger partial charge >= 0.3 is 18.3 Å². The van der Waals surface area contributed by atoms with Crippen LogP contribution >= 0.6 is 0 Å². The van der Waals surface area contributed by atoms with Crippen LogP contribution in [0.25, 0.3) is 0 Å². The Balaban J connectivity index is 1.27. The number of alkyl halides is 3. The number of likely N-dealkylation sites (tertiary alicyclic amines) is 1. The van der Waals surface area contributed by atoms with Crippen LogP contribution in [0.2, 0.25) is 0 Å². The fraction of sp³-hybridized carbons (Fsp3) is 0.486. The van der Waals surface area contributed by atoms with Crippen molar-refractivity contribution in [2.75, 3.05) is 56.2 Å². The van der Waals surface area contributed by atoms with Crippen molar-refractivity contribution < 1.29 is 27.4 Å². The minimum atomic E-state index is -4.50. The second-order valence-electron chi connectivity index (χ2n) is 12.7. The van der Waals surface area contributed by atoms with Crippen molar-refractivity contribution in [3.05, 3.63) is 76.5 Å². The number of hydrogen-bond donors (Lipinski definition) is 0. The number of benzene rings is 2. The first kappa shape index (κ1) is 33.3. The summed E-state index contributed by atoms with van der Waals surface area (Å²) in [6, 6.07) is 16.2. The zero-order chi connectivity index (χ0) is 33.8. The van der Waals surface area contributed by atoms with E-state index in [1.54, 1.807) is 15.9 Å². The van der Waals surface area contributed by atoms with E-state index in [0.29, 0.717) is 50.7 Å². The molecule has 0 saturated carbocycles. The summed E-state index contributed by atoms with van der Waals surface area (Å²) in [5.74, 6) is 0.634. The highest BCUT2D eigenvalue weighted by atomic mass is 19.4. The van der Waals surface area contributed by atoms with Gasteiger partial charge in [-0.3, -0.25) is 0 Å². The van der Waals surface area contributed by atoms with Crippen LogP contribution in [-0.2, 0) is 30.5 Å². The number of amides is 1. The van der Waals surface area contributed by atoms with Gasteiger partial charge in [0.15, 0.2) is 0 Å². The van der Waals surface area contributed by atoms with Gasteiger partial charge in [0.1, 0.15) is 19.0 Å². The average molecular weight is 664 g/mol. The van der Waals surface area contributed by atoms with Crippen LogP contribution < -0.4 is 14.5 Å². The maximum absolute atomic E-state index is 14.2. The standard InChI is InChI=1S/C35H40F3N7O3/c1-24-8-6-12-30(31(24)35(36,37)38)43-17-14-28-29(21-43)40-33(47-23-27-11-7-16-42(27)2)41-32(28)44-18-19-45(26(20-44)13-15-39)34(46)48-22-25-9-4-3-5-10-25/h3-6,8-10,12,26-27H,7,11,13-14,16-23H2,1-2H3/t26-,27-/m0/s1. The molecule has 0 N–H and O–H groups in total. The molecule has 0 unspecified atom stereocenters. The third-order valence-electron chi connectivity index (χ3n) is 9.52. The Hall–Kier alpha value is -4.57. The zero-order valence-corrected chi connectivity index (χ0v) is 27.2. The molecule has 0 radical (unpaired) electrons. The number of nitriles is 1. The lowest BCUT2D eigenvalue weighted by atomic mass is 10.00. The summed E-state index contributed by atoms with van der Waals surface area (Å²) < 4.78 is 54.4. The van der Waals surface area contributed by atoms with Crippen LogP contribution in [0.3, 0.4) is 0 Å². The van der Waals surface area contributed by atoms with E-state index in [-0.39, 0.29) is 42.9 Å². The molecule has 0 spiro atoms. The number of carbonyl (C=O) groups is 1. The summed E-state index contributed by atoms with van der Waals surface area (Å²) in [5.41, 5.74) is 1.97. The quantitative estimate of drug-likeness (QED) is 0.306. The predicted octanol–water partition coefficient (Wildman–Crippen LogP) is 5.58. The smallest absolute Gasteiger partial charge is 0.418 e. The van der Waals surface area contributed by atoms with Crippen molar-refractivity contribution in [2.45, 2.75) is 64.0 Å². The van der Waals surface area contributed by atoms with Gasteiger partial charge < -0.3 is 29.1 Å². The number of piperazine rings is 1. The molecule has 1 amide bonds. The molecule has 2 aromatic carbocycles. The highest BCUT2D eigenvalue weighted by molar-refractivity contribution is 5.69. The number of nitrogens with zero attached hydrogens (tertiary/aromatic N) is 7. The number of aryl methyl sites for hydroxylation is 1. The Morgan fingerprint density at radius 2 is 1.83 bits per heavy atom. The Morgan fingerprint density at radius 1 is 1.02 bits per heavy atom. The summed E-state index contributed by atoms with van der Waals surface area (Å²) >= 11 is 0. The third kappa shape index (κ3) is 7.28. The second-order valence-corrected chi connectivity index (χ2v) is 12.7. The molecule has 3 aliphatic rings. The minimum Gasteiger partial charge on any atom is -0.462 e. The number of halogens is 3. The third-order valence-corrected chi connectivity index (χ3v) is 9.52. The number of fused-ring (bicyclic) bond motifs is 1. The number of aromatic nitrogens is 2. The molecular weight excluding hydrogens is 623 g/mol. The Labute approximate surface area is 278 Å². The van der Waals surface area contributed by atoms with Crippen LogP contribution in [0.5, 0.6) is 6.01 Å². The summed E-state index contributed by atoms with van der Waals surface area (Å²) in [6.07, 6.45) is -2.40. The van der Waals surface area contributed by atoms with Gasteiger partial charge in [0.05, 0.1) is 36.3 Å². The molecule has 0 aliphatic carbocycles. The SMILES string of the molecule is Cc1cccc(N2CCc3c(nc(OC[C@@H]4CCCN4C)nc3N3CCN(C(=O)OCc4ccccc4)[C@@H](CC#N)C3)C2)c1C(F)(F)F. The Morgan fingerprint density at radius 3 is 2.56 bits per heavy atom. The Bertz CT molecular complexity index is 1650. The molecule has 3 aliphatic heterocycles. The van der Waals surface area contributed by atoms with Crippen LogP contribution in [0.15, 0.2) is 48.5 Å². The van der Waals surface area contributed by atoms with E-state index in [4.69, 9.17) is 19.4 Å². The van der Waals surface area contributed by atoms with Crippen molar-refractivity contribution in [3.63, 3.8) is 0 Å². The van der Waals surface area contributed by atoms with E-state index in [2.05, 4.69) is 18.0 Å². The molecule has 2 atom stereocenters. The molecule has 2 saturated heterocycles. The lowest BCUT2D eigenvalue weighted by molar-refractivity contribution is -0.137. The first-order valence-corrected chi connectivity index (χ1v) is 16.4. The molecule has 1 aromatic heterocycles. The van der Waals surface area contributed by atoms with E-state index in [1.807, 2.05) is 35.2 Å². The van der Waals surface area contributed by atoms with E-state index in [1.165, 1.54) is 19.1 Å². The van der Waals surface area contributed by atoms with Crippen LogP contribution in [-0.4, -0.2) is 84.3 Å². The first-order valence-electron chi connectivity index (χ1n) is 16.4. The minimum absolute atomic E-state index is 0.100. The topological polar surface area (TPSA) is 98.1 Å². The Kier molecular flexibility index (Phi) is 9.91. The molecule has 3 aromatic rings. The maximum atomic E-state index is 14.2. The molecule has 4 heterocycles. The normalized spacial score (nSPS) is 20.0. The number of ether oxygens (including phenoxy) is 2. The largest absolute Gasteiger partial charge is 0.462 e. The predicted molar refractivity (Wildman–Crippen MR) is 174 cm³/mol. The van der Waals surface area contributed by atoms with Gasteiger partial charge in [-0.15, -0.1) is 0 Å². The van der Waals surface area contributed by atoms with Gasteiger partial charge in [0.25, 0.3) is 0 Å². The van der Waals surface area contributed by atoms with E-state index >= 15 is 0 Å². The van der Waals surface area contributed by atoms with Crippen LogP contribution in [0.4, 0.5) is 29.5 Å². The lowest BCUT2D eigenvalue weighted by Gasteiger charge is -2.42. The average Bonchev–Trinajstić information content (AvgIpc) is 3.49. The molecule has 6 rings (SSSR count). The molecule has 10 nitrogen and oxygen atoms in total. The highest BCUT2D eigenvalue weighted by Gasteiger charge is 2.39.